The van der Waals surface area contributed by atoms with Gasteiger partial charge in [0.2, 0.25) is 5.91 Å². The number of hydrogen-bond acceptors (Lipinski definition) is 3. The summed E-state index contributed by atoms with van der Waals surface area (Å²) >= 11 is 0. The van der Waals surface area contributed by atoms with E-state index in [0.717, 1.165) is 24.2 Å². The average molecular weight is 307 g/mol. The molecule has 1 rings (SSSR count). The van der Waals surface area contributed by atoms with E-state index in [4.69, 9.17) is 9.84 Å². The van der Waals surface area contributed by atoms with Gasteiger partial charge >= 0.3 is 5.97 Å². The van der Waals surface area contributed by atoms with Crippen LogP contribution in [0.5, 0.6) is 5.75 Å². The molecule has 0 heterocycles. The molecular formula is C17H25NO4. The number of amides is 1. The standard InChI is InChI=1S/C17H25NO4/c1-4-5-6-15(17(20)21)18-16(19)11-12(2)13-7-9-14(22-3)10-8-13/h7-10,12,15H,4-6,11H2,1-3H3,(H,18,19)(H,20,21). The van der Waals surface area contributed by atoms with Crippen molar-refractivity contribution in [3.05, 3.63) is 29.8 Å². The van der Waals surface area contributed by atoms with Gasteiger partial charge in [-0.05, 0) is 30.0 Å². The first kappa shape index (κ1) is 18.0. The quantitative estimate of drug-likeness (QED) is 0.735. The molecule has 0 radical (unpaired) electrons. The van der Waals surface area contributed by atoms with Crippen LogP contribution in [0.4, 0.5) is 0 Å². The number of carbonyl (C=O) groups excluding carboxylic acids is 1. The summed E-state index contributed by atoms with van der Waals surface area (Å²) in [4.78, 5) is 23.2. The van der Waals surface area contributed by atoms with E-state index in [0.29, 0.717) is 6.42 Å². The van der Waals surface area contributed by atoms with E-state index in [-0.39, 0.29) is 18.2 Å². The fourth-order valence-electron chi connectivity index (χ4n) is 2.25. The lowest BCUT2D eigenvalue weighted by atomic mass is 9.97. The van der Waals surface area contributed by atoms with Crippen LogP contribution in [0.2, 0.25) is 0 Å². The Labute approximate surface area is 131 Å². The molecule has 2 N–H and O–H groups in total. The van der Waals surface area contributed by atoms with E-state index >= 15 is 0 Å². The predicted molar refractivity (Wildman–Crippen MR) is 85.1 cm³/mol. The zero-order valence-electron chi connectivity index (χ0n) is 13.5. The molecule has 0 aliphatic rings. The third-order valence-electron chi connectivity index (χ3n) is 3.66. The Balaban J connectivity index is 2.56. The van der Waals surface area contributed by atoms with Gasteiger partial charge in [-0.1, -0.05) is 38.8 Å². The summed E-state index contributed by atoms with van der Waals surface area (Å²) in [6.45, 7) is 3.94. The zero-order chi connectivity index (χ0) is 16.5. The molecule has 1 aromatic rings. The highest BCUT2D eigenvalue weighted by atomic mass is 16.5. The minimum absolute atomic E-state index is 0.0199. The molecule has 1 amide bonds. The van der Waals surface area contributed by atoms with Gasteiger partial charge < -0.3 is 15.2 Å². The molecule has 0 aliphatic heterocycles. The van der Waals surface area contributed by atoms with Crippen molar-refractivity contribution < 1.29 is 19.4 Å². The van der Waals surface area contributed by atoms with Crippen LogP contribution in [0.3, 0.4) is 0 Å². The second kappa shape index (κ2) is 9.07. The summed E-state index contributed by atoms with van der Waals surface area (Å²) in [6.07, 6.45) is 2.42. The maximum atomic E-state index is 12.0. The van der Waals surface area contributed by atoms with Gasteiger partial charge in [0, 0.05) is 6.42 Å². The Morgan fingerprint density at radius 1 is 1.27 bits per heavy atom. The first-order valence-electron chi connectivity index (χ1n) is 7.64. The summed E-state index contributed by atoms with van der Waals surface area (Å²) in [5, 5.41) is 11.7. The Morgan fingerprint density at radius 3 is 2.41 bits per heavy atom. The van der Waals surface area contributed by atoms with Crippen LogP contribution in [0, 0.1) is 0 Å². The molecule has 0 aromatic heterocycles. The maximum Gasteiger partial charge on any atom is 0.326 e. The number of methoxy groups -OCH3 is 1. The monoisotopic (exact) mass is 307 g/mol. The number of aliphatic carboxylic acids is 1. The van der Waals surface area contributed by atoms with Crippen LogP contribution in [0.15, 0.2) is 24.3 Å². The van der Waals surface area contributed by atoms with Gasteiger partial charge in [-0.2, -0.15) is 0 Å². The third-order valence-corrected chi connectivity index (χ3v) is 3.66. The van der Waals surface area contributed by atoms with E-state index in [1.165, 1.54) is 0 Å². The summed E-state index contributed by atoms with van der Waals surface area (Å²) in [6, 6.07) is 6.75. The number of carboxylic acids is 1. The number of unbranched alkanes of at least 4 members (excludes halogenated alkanes) is 1. The van der Waals surface area contributed by atoms with Crippen LogP contribution in [-0.2, 0) is 9.59 Å². The van der Waals surface area contributed by atoms with Crippen molar-refractivity contribution in [2.24, 2.45) is 0 Å². The van der Waals surface area contributed by atoms with E-state index < -0.39 is 12.0 Å². The number of carboxylic acid groups (broad SMARTS) is 1. The topological polar surface area (TPSA) is 75.6 Å². The molecule has 0 saturated carbocycles. The van der Waals surface area contributed by atoms with Gasteiger partial charge in [0.25, 0.3) is 0 Å². The Kier molecular flexibility index (Phi) is 7.43. The molecule has 5 heteroatoms. The van der Waals surface area contributed by atoms with Crippen molar-refractivity contribution in [1.82, 2.24) is 5.32 Å². The normalized spacial score (nSPS) is 13.2. The lowest BCUT2D eigenvalue weighted by Crippen LogP contribution is -2.41. The van der Waals surface area contributed by atoms with Gasteiger partial charge in [0.05, 0.1) is 7.11 Å². The first-order chi connectivity index (χ1) is 10.5. The van der Waals surface area contributed by atoms with Crippen molar-refractivity contribution >= 4 is 11.9 Å². The number of rotatable bonds is 9. The first-order valence-corrected chi connectivity index (χ1v) is 7.64. The van der Waals surface area contributed by atoms with Crippen molar-refractivity contribution in [3.63, 3.8) is 0 Å². The number of benzene rings is 1. The highest BCUT2D eigenvalue weighted by molar-refractivity contribution is 5.83. The van der Waals surface area contributed by atoms with Crippen LogP contribution in [0.1, 0.15) is 51.0 Å². The Bertz CT molecular complexity index is 484. The van der Waals surface area contributed by atoms with Gasteiger partial charge in [-0.15, -0.1) is 0 Å². The van der Waals surface area contributed by atoms with Crippen molar-refractivity contribution in [3.8, 4) is 5.75 Å². The van der Waals surface area contributed by atoms with Crippen molar-refractivity contribution in [2.75, 3.05) is 7.11 Å². The van der Waals surface area contributed by atoms with Gasteiger partial charge in [-0.3, -0.25) is 4.79 Å². The van der Waals surface area contributed by atoms with Crippen LogP contribution < -0.4 is 10.1 Å². The molecule has 0 saturated heterocycles. The fourth-order valence-corrected chi connectivity index (χ4v) is 2.25. The summed E-state index contributed by atoms with van der Waals surface area (Å²) in [5.41, 5.74) is 1.02. The molecule has 0 fully saturated rings. The van der Waals surface area contributed by atoms with Gasteiger partial charge in [0.1, 0.15) is 11.8 Å². The minimum atomic E-state index is -0.973. The Morgan fingerprint density at radius 2 is 1.91 bits per heavy atom. The lowest BCUT2D eigenvalue weighted by molar-refractivity contribution is -0.142. The molecular weight excluding hydrogens is 282 g/mol. The maximum absolute atomic E-state index is 12.0. The van der Waals surface area contributed by atoms with Gasteiger partial charge in [0.15, 0.2) is 0 Å². The second-order valence-corrected chi connectivity index (χ2v) is 5.48. The predicted octanol–water partition coefficient (Wildman–Crippen LogP) is 2.95. The van der Waals surface area contributed by atoms with E-state index in [9.17, 15) is 9.59 Å². The number of hydrogen-bond donors (Lipinski definition) is 2. The molecule has 0 bridgehead atoms. The van der Waals surface area contributed by atoms with E-state index in [1.807, 2.05) is 38.1 Å². The molecule has 0 spiro atoms. The molecule has 22 heavy (non-hydrogen) atoms. The zero-order valence-corrected chi connectivity index (χ0v) is 13.5. The molecule has 2 atom stereocenters. The molecule has 122 valence electrons. The molecule has 1 aromatic carbocycles. The van der Waals surface area contributed by atoms with Gasteiger partial charge in [-0.25, -0.2) is 4.79 Å². The molecule has 5 nitrogen and oxygen atoms in total. The Hall–Kier alpha value is -2.04. The fraction of sp³-hybridized carbons (Fsp3) is 0.529. The largest absolute Gasteiger partial charge is 0.497 e. The number of nitrogens with one attached hydrogen (secondary N) is 1. The summed E-state index contributed by atoms with van der Waals surface area (Å²) in [5.74, 6) is -0.414. The molecule has 2 unspecified atom stereocenters. The smallest absolute Gasteiger partial charge is 0.326 e. The number of ether oxygens (including phenoxy) is 1. The molecule has 0 aliphatic carbocycles. The summed E-state index contributed by atoms with van der Waals surface area (Å²) < 4.78 is 5.10. The van der Waals surface area contributed by atoms with E-state index in [2.05, 4.69) is 5.32 Å². The van der Waals surface area contributed by atoms with Crippen LogP contribution in [-0.4, -0.2) is 30.1 Å². The van der Waals surface area contributed by atoms with Crippen molar-refractivity contribution in [1.29, 1.82) is 0 Å². The minimum Gasteiger partial charge on any atom is -0.497 e. The van der Waals surface area contributed by atoms with Crippen LogP contribution in [0.25, 0.3) is 0 Å². The van der Waals surface area contributed by atoms with Crippen molar-refractivity contribution in [2.45, 2.75) is 51.5 Å². The highest BCUT2D eigenvalue weighted by Gasteiger charge is 2.20. The highest BCUT2D eigenvalue weighted by Crippen LogP contribution is 2.21. The SMILES string of the molecule is CCCCC(NC(=O)CC(C)c1ccc(OC)cc1)C(=O)O. The summed E-state index contributed by atoms with van der Waals surface area (Å²) in [7, 11) is 1.61. The second-order valence-electron chi connectivity index (χ2n) is 5.48. The lowest BCUT2D eigenvalue weighted by Gasteiger charge is -2.17. The van der Waals surface area contributed by atoms with E-state index in [1.54, 1.807) is 7.11 Å². The average Bonchev–Trinajstić information content (AvgIpc) is 2.51. The third kappa shape index (κ3) is 5.76. The number of carbonyl (C=O) groups is 2. The van der Waals surface area contributed by atoms with Crippen LogP contribution >= 0.6 is 0 Å².